The Labute approximate surface area is 403 Å². The Bertz CT molecular complexity index is 1760. The highest BCUT2D eigenvalue weighted by Gasteiger charge is 2.40. The van der Waals surface area contributed by atoms with Gasteiger partial charge in [0.25, 0.3) is 0 Å². The highest BCUT2D eigenvalue weighted by atomic mass is 16.4. The van der Waals surface area contributed by atoms with Gasteiger partial charge in [0, 0.05) is 26.3 Å². The summed E-state index contributed by atoms with van der Waals surface area (Å²) >= 11 is 0. The average Bonchev–Trinajstić information content (AvgIpc) is 3.22. The third-order valence-electron chi connectivity index (χ3n) is 10.2. The number of hydrogen-bond donors (Lipinski definition) is 14. The number of hydrogen-bond acceptors (Lipinski definition) is 14. The quantitative estimate of drug-likeness (QED) is 0.0500. The van der Waals surface area contributed by atoms with Crippen molar-refractivity contribution in [2.45, 2.75) is 180 Å². The summed E-state index contributed by atoms with van der Waals surface area (Å²) in [4.78, 5) is 136. The number of primary amides is 3. The summed E-state index contributed by atoms with van der Waals surface area (Å²) in [6.45, 7) is 10.8. The Morgan fingerprint density at radius 1 is 0.812 bits per heavy atom. The summed E-state index contributed by atoms with van der Waals surface area (Å²) in [5, 5.41) is 41.7. The molecule has 69 heavy (non-hydrogen) atoms. The zero-order valence-corrected chi connectivity index (χ0v) is 41.3. The smallest absolute Gasteiger partial charge is 0.305 e. The molecule has 0 aromatic rings. The Balaban J connectivity index is 0. The maximum Gasteiger partial charge on any atom is 0.305 e. The van der Waals surface area contributed by atoms with Gasteiger partial charge in [0.05, 0.1) is 25.6 Å². The van der Waals surface area contributed by atoms with Gasteiger partial charge >= 0.3 is 5.97 Å². The van der Waals surface area contributed by atoms with Crippen LogP contribution in [0.4, 0.5) is 0 Å². The largest absolute Gasteiger partial charge is 0.481 e. The molecule has 0 fully saturated rings. The number of hydrazine groups is 1. The molecular formula is C44H79N11O14. The number of nitrogens with two attached hydrogens (primary N) is 3. The number of carboxylic acid groups (broad SMARTS) is 1. The Morgan fingerprint density at radius 2 is 1.38 bits per heavy atom. The van der Waals surface area contributed by atoms with Crippen LogP contribution < -0.4 is 60.0 Å². The first-order valence-electron chi connectivity index (χ1n) is 22.9. The molecule has 394 valence electrons. The van der Waals surface area contributed by atoms with Crippen molar-refractivity contribution in [3.63, 3.8) is 0 Å². The number of rotatable bonds is 18. The maximum absolute atomic E-state index is 13.7. The highest BCUT2D eigenvalue weighted by Crippen LogP contribution is 2.20. The van der Waals surface area contributed by atoms with Crippen molar-refractivity contribution in [3.05, 3.63) is 12.2 Å². The number of nitrogens with one attached hydrogen (secondary N) is 8. The van der Waals surface area contributed by atoms with E-state index in [2.05, 4.69) is 48.5 Å². The fraction of sp³-hybridized carbons (Fsp3) is 0.705. The summed E-state index contributed by atoms with van der Waals surface area (Å²) in [6.07, 6.45) is 4.98. The third kappa shape index (κ3) is 28.7. The lowest BCUT2D eigenvalue weighted by Gasteiger charge is -2.33. The van der Waals surface area contributed by atoms with E-state index in [0.29, 0.717) is 32.1 Å². The van der Waals surface area contributed by atoms with Gasteiger partial charge in [-0.3, -0.25) is 58.2 Å². The second-order valence-electron chi connectivity index (χ2n) is 17.4. The van der Waals surface area contributed by atoms with Gasteiger partial charge in [-0.2, -0.15) is 0 Å². The van der Waals surface area contributed by atoms with Crippen LogP contribution in [0.1, 0.15) is 138 Å². The van der Waals surface area contributed by atoms with Gasteiger partial charge in [0.15, 0.2) is 0 Å². The molecule has 0 spiro atoms. The molecule has 10 amide bonds. The molecule has 25 heteroatoms. The summed E-state index contributed by atoms with van der Waals surface area (Å²) in [5.74, 6) is -8.36. The molecule has 0 aliphatic carbocycles. The summed E-state index contributed by atoms with van der Waals surface area (Å²) in [5.41, 5.74) is 16.9. The number of aliphatic carboxylic acids is 1. The Kier molecular flexibility index (Phi) is 32.1. The number of carboxylic acids is 1. The van der Waals surface area contributed by atoms with E-state index in [0.717, 1.165) is 0 Å². The number of aliphatic hydroxyl groups excluding tert-OH is 2. The highest BCUT2D eigenvalue weighted by molar-refractivity contribution is 5.99. The zero-order valence-electron chi connectivity index (χ0n) is 41.3. The van der Waals surface area contributed by atoms with Crippen molar-refractivity contribution in [3.8, 4) is 0 Å². The minimum absolute atomic E-state index is 0.0121. The molecule has 0 saturated carbocycles. The van der Waals surface area contributed by atoms with Gasteiger partial charge in [0.1, 0.15) is 35.2 Å². The number of carbonyl (C=O) groups excluding carboxylic acids is 10. The molecule has 17 N–H and O–H groups in total. The number of amides is 10. The van der Waals surface area contributed by atoms with Crippen molar-refractivity contribution in [2.24, 2.45) is 23.1 Å². The molecule has 7 atom stereocenters. The number of carbonyl (C=O) groups is 11. The lowest BCUT2D eigenvalue weighted by molar-refractivity contribution is -0.142. The monoisotopic (exact) mass is 986 g/mol. The van der Waals surface area contributed by atoms with Crippen LogP contribution in [0.15, 0.2) is 12.2 Å². The van der Waals surface area contributed by atoms with Gasteiger partial charge in [-0.25, -0.2) is 5.43 Å². The van der Waals surface area contributed by atoms with Crippen molar-refractivity contribution in [2.75, 3.05) is 13.7 Å². The van der Waals surface area contributed by atoms with E-state index in [9.17, 15) is 57.8 Å². The average molecular weight is 986 g/mol. The SMILES string of the molecule is CCCC1NC(=O)C(C)NC(=O)C(C)(NC(=O)CCCC(N)=O)CCC/C=C/CCCC(C)(C(=O)NC(C(N)=O)C(C)C)NC(=O)C(CC(=O)O)NC1=O.CNNC(=O)C[C@@H](C)O.NC(=O)CCO. The van der Waals surface area contributed by atoms with E-state index < -0.39 is 107 Å². The van der Waals surface area contributed by atoms with E-state index >= 15 is 0 Å². The first-order valence-corrected chi connectivity index (χ1v) is 22.9. The molecular weight excluding hydrogens is 907 g/mol. The van der Waals surface area contributed by atoms with Crippen molar-refractivity contribution >= 4 is 65.0 Å². The normalized spacial score (nSPS) is 23.0. The van der Waals surface area contributed by atoms with Crippen LogP contribution in [0.5, 0.6) is 0 Å². The second-order valence-corrected chi connectivity index (χ2v) is 17.4. The van der Waals surface area contributed by atoms with Crippen LogP contribution in [0, 0.1) is 5.92 Å². The first-order chi connectivity index (χ1) is 32.1. The van der Waals surface area contributed by atoms with Gasteiger partial charge in [-0.15, -0.1) is 0 Å². The predicted molar refractivity (Wildman–Crippen MR) is 252 cm³/mol. The van der Waals surface area contributed by atoms with E-state index in [4.69, 9.17) is 21.7 Å². The summed E-state index contributed by atoms with van der Waals surface area (Å²) in [7, 11) is 1.60. The summed E-state index contributed by atoms with van der Waals surface area (Å²) < 4.78 is 0. The third-order valence-corrected chi connectivity index (χ3v) is 10.2. The number of aliphatic hydroxyl groups is 2. The molecule has 0 radical (unpaired) electrons. The molecule has 0 aromatic heterocycles. The van der Waals surface area contributed by atoms with E-state index in [1.165, 1.54) is 20.8 Å². The fourth-order valence-electron chi connectivity index (χ4n) is 6.37. The lowest BCUT2D eigenvalue weighted by Crippen LogP contribution is -2.64. The van der Waals surface area contributed by atoms with Gasteiger partial charge in [-0.05, 0) is 85.0 Å². The molecule has 1 aliphatic rings. The second kappa shape index (κ2) is 34.1. The Hall–Kier alpha value is -6.21. The molecule has 0 aromatic carbocycles. The van der Waals surface area contributed by atoms with Crippen molar-refractivity contribution in [1.82, 2.24) is 42.8 Å². The predicted octanol–water partition coefficient (Wildman–Crippen LogP) is -2.46. The maximum atomic E-state index is 13.7. The molecule has 1 rings (SSSR count). The van der Waals surface area contributed by atoms with Crippen LogP contribution in [0.2, 0.25) is 0 Å². The summed E-state index contributed by atoms with van der Waals surface area (Å²) in [6, 6.07) is -5.19. The van der Waals surface area contributed by atoms with Crippen LogP contribution >= 0.6 is 0 Å². The Morgan fingerprint density at radius 3 is 1.84 bits per heavy atom. The minimum atomic E-state index is -1.68. The minimum Gasteiger partial charge on any atom is -0.481 e. The molecule has 1 heterocycles. The number of allylic oxidation sites excluding steroid dienone is 2. The fourth-order valence-corrected chi connectivity index (χ4v) is 6.37. The molecule has 25 nitrogen and oxygen atoms in total. The molecule has 0 saturated heterocycles. The molecule has 1 aliphatic heterocycles. The zero-order chi connectivity index (χ0) is 53.5. The van der Waals surface area contributed by atoms with Crippen molar-refractivity contribution in [1.29, 1.82) is 0 Å². The van der Waals surface area contributed by atoms with Crippen LogP contribution in [0.25, 0.3) is 0 Å². The van der Waals surface area contributed by atoms with Gasteiger partial charge in [0.2, 0.25) is 59.1 Å². The van der Waals surface area contributed by atoms with Crippen LogP contribution in [0.3, 0.4) is 0 Å². The first kappa shape index (κ1) is 64.9. The van der Waals surface area contributed by atoms with Crippen LogP contribution in [-0.4, -0.2) is 135 Å². The molecule has 6 unspecified atom stereocenters. The molecule has 0 bridgehead atoms. The standard InChI is InChI=1S/C36H60N8O10.C5H12N2O2.C3H7NO2/c1-7-15-23-31(51)41-24(20-27(47)48)32(52)44-36(6,34(54)42-28(21(2)3)29(38)49)19-13-11-9-8-10-12-18-35(5,33(53)39-22(4)30(50)40-23)43-26(46)17-14-16-25(37)45;1-4(8)3-5(9)7-6-2;4-3(6)1-2-5/h8-9,21-24,28H,7,10-20H2,1-6H3,(H2,37,45)(H2,38,49)(H,39,53)(H,40,50)(H,41,51)(H,42,54)(H,43,46)(H,44,52)(H,47,48);4,6,8H,3H2,1-2H3,(H,7,9);5H,1-2H2,(H2,4,6)/b9-8+;;/t;4-;/m.1./s1. The lowest BCUT2D eigenvalue weighted by atomic mass is 9.91. The van der Waals surface area contributed by atoms with Gasteiger partial charge < -0.3 is 64.4 Å². The van der Waals surface area contributed by atoms with E-state index in [1.807, 2.05) is 12.2 Å². The van der Waals surface area contributed by atoms with E-state index in [1.54, 1.807) is 34.7 Å². The van der Waals surface area contributed by atoms with Crippen molar-refractivity contribution < 1.29 is 68.1 Å². The van der Waals surface area contributed by atoms with E-state index in [-0.39, 0.29) is 69.8 Å². The van der Waals surface area contributed by atoms with Gasteiger partial charge in [-0.1, -0.05) is 39.3 Å². The topological polar surface area (TPSA) is 423 Å². The van der Waals surface area contributed by atoms with Crippen LogP contribution in [-0.2, 0) is 52.7 Å².